The molecule has 1 atom stereocenters. The molecule has 0 bridgehead atoms. The fourth-order valence-corrected chi connectivity index (χ4v) is 5.10. The van der Waals surface area contributed by atoms with Crippen molar-refractivity contribution in [2.24, 2.45) is 0 Å². The van der Waals surface area contributed by atoms with Crippen molar-refractivity contribution >= 4 is 29.0 Å². The second-order valence-corrected chi connectivity index (χ2v) is 11.9. The summed E-state index contributed by atoms with van der Waals surface area (Å²) in [4.78, 5) is 12.3. The van der Waals surface area contributed by atoms with Gasteiger partial charge in [-0.05, 0) is 55.6 Å². The molecule has 2 rings (SSSR count). The molecular formula is C26H38N2O4S2. The highest BCUT2D eigenvalue weighted by molar-refractivity contribution is 7.86. The van der Waals surface area contributed by atoms with Gasteiger partial charge in [0.15, 0.2) is 0 Å². The number of unbranched alkanes of at least 4 members (excludes halogenated alkanes) is 2. The van der Waals surface area contributed by atoms with Crippen molar-refractivity contribution in [3.05, 3.63) is 71.8 Å². The first-order chi connectivity index (χ1) is 16.0. The Kier molecular flexibility index (Phi) is 10.5. The molecule has 0 radical (unpaired) electrons. The van der Waals surface area contributed by atoms with Gasteiger partial charge in [-0.1, -0.05) is 93.7 Å². The van der Waals surface area contributed by atoms with Gasteiger partial charge >= 0.3 is 6.03 Å². The Morgan fingerprint density at radius 3 is 1.97 bits per heavy atom. The molecule has 0 saturated heterocycles. The number of amides is 2. The molecule has 0 fully saturated rings. The Labute approximate surface area is 210 Å². The van der Waals surface area contributed by atoms with Crippen LogP contribution < -0.4 is 5.32 Å². The van der Waals surface area contributed by atoms with E-state index in [1.54, 1.807) is 30.3 Å². The molecule has 0 spiro atoms. The summed E-state index contributed by atoms with van der Waals surface area (Å²) in [6, 6.07) is 18.9. The molecule has 34 heavy (non-hydrogen) atoms. The van der Waals surface area contributed by atoms with Gasteiger partial charge in [-0.15, -0.1) is 0 Å². The number of hydrogen-bond donors (Lipinski definition) is 3. The molecule has 0 aliphatic carbocycles. The molecule has 0 aromatic heterocycles. The quantitative estimate of drug-likeness (QED) is 0.178. The lowest BCUT2D eigenvalue weighted by molar-refractivity contribution is 0.225. The molecule has 0 saturated carbocycles. The number of urea groups is 1. The predicted molar refractivity (Wildman–Crippen MR) is 142 cm³/mol. The lowest BCUT2D eigenvalue weighted by Crippen LogP contribution is -2.35. The summed E-state index contributed by atoms with van der Waals surface area (Å²) in [5.74, 6) is 0. The lowest BCUT2D eigenvalue weighted by atomic mass is 9.80. The summed E-state index contributed by atoms with van der Waals surface area (Å²) in [6.07, 6.45) is 4.25. The topological polar surface area (TPSA) is 86.7 Å². The highest BCUT2D eigenvalue weighted by Crippen LogP contribution is 2.34. The van der Waals surface area contributed by atoms with Gasteiger partial charge in [0.1, 0.15) is 4.75 Å². The Balaban J connectivity index is 1.70. The molecule has 1 unspecified atom stereocenters. The largest absolute Gasteiger partial charge is 0.337 e. The summed E-state index contributed by atoms with van der Waals surface area (Å²) in [5, 5.41) is 2.89. The average Bonchev–Trinajstić information content (AvgIpc) is 2.81. The monoisotopic (exact) mass is 506 g/mol. The van der Waals surface area contributed by atoms with Gasteiger partial charge in [0.2, 0.25) is 0 Å². The third kappa shape index (κ3) is 8.03. The van der Waals surface area contributed by atoms with Crippen LogP contribution in [0.5, 0.6) is 0 Å². The zero-order valence-electron chi connectivity index (χ0n) is 20.4. The van der Waals surface area contributed by atoms with Crippen LogP contribution >= 0.6 is 12.8 Å². The first kappa shape index (κ1) is 28.2. The van der Waals surface area contributed by atoms with Gasteiger partial charge in [-0.2, -0.15) is 8.42 Å². The van der Waals surface area contributed by atoms with Crippen LogP contribution in [0.1, 0.15) is 70.4 Å². The number of carbonyl (C=O) groups excluding carboxylic acids is 1. The summed E-state index contributed by atoms with van der Waals surface area (Å²) < 4.78 is 33.9. The maximum atomic E-state index is 12.3. The Hall–Kier alpha value is -2.03. The van der Waals surface area contributed by atoms with Gasteiger partial charge < -0.3 is 5.32 Å². The number of nitrogens with zero attached hydrogens (tertiary/aromatic N) is 1. The van der Waals surface area contributed by atoms with Crippen LogP contribution in [-0.2, 0) is 20.3 Å². The fraction of sp³-hybridized carbons (Fsp3) is 0.500. The molecule has 0 heterocycles. The molecular weight excluding hydrogens is 468 g/mol. The van der Waals surface area contributed by atoms with Crippen molar-refractivity contribution < 1.29 is 17.8 Å². The highest BCUT2D eigenvalue weighted by atomic mass is 32.2. The summed E-state index contributed by atoms with van der Waals surface area (Å²) in [6.45, 7) is 6.96. The number of hydrogen-bond acceptors (Lipinski definition) is 4. The van der Waals surface area contributed by atoms with Crippen molar-refractivity contribution in [1.82, 2.24) is 9.62 Å². The zero-order valence-corrected chi connectivity index (χ0v) is 22.1. The predicted octanol–water partition coefficient (Wildman–Crippen LogP) is 5.96. The van der Waals surface area contributed by atoms with E-state index in [4.69, 9.17) is 0 Å². The van der Waals surface area contributed by atoms with E-state index in [0.29, 0.717) is 31.5 Å². The zero-order chi connectivity index (χ0) is 25.2. The van der Waals surface area contributed by atoms with Crippen molar-refractivity contribution in [3.63, 3.8) is 0 Å². The minimum absolute atomic E-state index is 0.0944. The SMILES string of the molecule is CC(C)(CCCCNC(=O)N(S)CCCCC(C)(c1ccccc1)S(=O)(=O)O)c1ccccc1. The minimum atomic E-state index is -4.29. The first-order valence-electron chi connectivity index (χ1n) is 11.8. The molecule has 188 valence electrons. The van der Waals surface area contributed by atoms with Crippen LogP contribution in [0.2, 0.25) is 0 Å². The van der Waals surface area contributed by atoms with Crippen LogP contribution in [0.4, 0.5) is 4.79 Å². The van der Waals surface area contributed by atoms with Gasteiger partial charge in [0.05, 0.1) is 0 Å². The highest BCUT2D eigenvalue weighted by Gasteiger charge is 2.39. The molecule has 2 amide bonds. The second kappa shape index (κ2) is 12.6. The van der Waals surface area contributed by atoms with Gasteiger partial charge in [0, 0.05) is 13.1 Å². The molecule has 0 aliphatic rings. The van der Waals surface area contributed by atoms with E-state index in [2.05, 4.69) is 56.2 Å². The van der Waals surface area contributed by atoms with E-state index < -0.39 is 14.9 Å². The third-order valence-corrected chi connectivity index (χ3v) is 8.48. The molecule has 2 aromatic carbocycles. The van der Waals surface area contributed by atoms with Gasteiger partial charge in [0.25, 0.3) is 10.1 Å². The van der Waals surface area contributed by atoms with Crippen LogP contribution in [0.25, 0.3) is 0 Å². The van der Waals surface area contributed by atoms with Crippen molar-refractivity contribution in [2.45, 2.75) is 69.5 Å². The molecule has 6 nitrogen and oxygen atoms in total. The maximum Gasteiger partial charge on any atom is 0.327 e. The maximum absolute atomic E-state index is 12.3. The van der Waals surface area contributed by atoms with E-state index in [-0.39, 0.29) is 17.9 Å². The first-order valence-corrected chi connectivity index (χ1v) is 13.6. The molecule has 2 aromatic rings. The number of nitrogens with one attached hydrogen (secondary N) is 1. The van der Waals surface area contributed by atoms with Crippen molar-refractivity contribution in [3.8, 4) is 0 Å². The molecule has 8 heteroatoms. The number of carbonyl (C=O) groups is 1. The Morgan fingerprint density at radius 2 is 1.41 bits per heavy atom. The van der Waals surface area contributed by atoms with Crippen molar-refractivity contribution in [1.29, 1.82) is 0 Å². The van der Waals surface area contributed by atoms with E-state index in [9.17, 15) is 17.8 Å². The third-order valence-electron chi connectivity index (χ3n) is 6.52. The van der Waals surface area contributed by atoms with E-state index >= 15 is 0 Å². The smallest absolute Gasteiger partial charge is 0.327 e. The van der Waals surface area contributed by atoms with E-state index in [1.165, 1.54) is 16.8 Å². The number of benzene rings is 2. The van der Waals surface area contributed by atoms with Crippen LogP contribution in [-0.4, -0.2) is 36.4 Å². The summed E-state index contributed by atoms with van der Waals surface area (Å²) >= 11 is 4.27. The van der Waals surface area contributed by atoms with Crippen LogP contribution in [0.3, 0.4) is 0 Å². The lowest BCUT2D eigenvalue weighted by Gasteiger charge is -2.27. The number of rotatable bonds is 13. The van der Waals surface area contributed by atoms with Crippen LogP contribution in [0.15, 0.2) is 60.7 Å². The van der Waals surface area contributed by atoms with Crippen molar-refractivity contribution in [2.75, 3.05) is 13.1 Å². The summed E-state index contributed by atoms with van der Waals surface area (Å²) in [7, 11) is -4.29. The van der Waals surface area contributed by atoms with E-state index in [0.717, 1.165) is 19.3 Å². The molecule has 2 N–H and O–H groups in total. The minimum Gasteiger partial charge on any atom is -0.337 e. The summed E-state index contributed by atoms with van der Waals surface area (Å²) in [5.41, 5.74) is 1.96. The normalized spacial score (nSPS) is 13.8. The average molecular weight is 507 g/mol. The molecule has 0 aliphatic heterocycles. The second-order valence-electron chi connectivity index (χ2n) is 9.59. The Morgan fingerprint density at radius 1 is 0.882 bits per heavy atom. The Bertz CT molecular complexity index is 998. The standard InChI is InChI=1S/C26H38N2O4S2/c1-25(2,22-14-6-4-7-15-22)18-10-12-20-27-24(29)28(33)21-13-11-19-26(3,34(30,31)32)23-16-8-5-9-17-23/h4-9,14-17,33H,10-13,18-21H2,1-3H3,(H,27,29)(H,30,31,32). The van der Waals surface area contributed by atoms with Gasteiger partial charge in [-0.3, -0.25) is 8.86 Å². The van der Waals surface area contributed by atoms with E-state index in [1.807, 2.05) is 6.07 Å². The fourth-order valence-electron chi connectivity index (χ4n) is 4.05. The number of thiol groups is 1. The van der Waals surface area contributed by atoms with Crippen LogP contribution in [0, 0.1) is 0 Å². The van der Waals surface area contributed by atoms with Gasteiger partial charge in [-0.25, -0.2) is 4.79 Å².